The van der Waals surface area contributed by atoms with Gasteiger partial charge in [0.15, 0.2) is 0 Å². The molecular weight excluding hydrogens is 250 g/mol. The van der Waals surface area contributed by atoms with Crippen LogP contribution < -0.4 is 5.73 Å². The summed E-state index contributed by atoms with van der Waals surface area (Å²) >= 11 is 2.02. The standard InChI is InChI=1S/C17H29NS/c1-2-3-4-5-6-10-13-17(14-18)19-15-16-11-8-7-9-12-16/h7-9,11-12,17H,2-6,10,13-15,18H2,1H3. The topological polar surface area (TPSA) is 26.0 Å². The highest BCUT2D eigenvalue weighted by Gasteiger charge is 2.07. The molecule has 0 aliphatic rings. The van der Waals surface area contributed by atoms with Gasteiger partial charge in [0.2, 0.25) is 0 Å². The molecule has 1 nitrogen and oxygen atoms in total. The minimum atomic E-state index is 0.631. The number of hydrogen-bond donors (Lipinski definition) is 1. The van der Waals surface area contributed by atoms with Crippen molar-refractivity contribution in [1.82, 2.24) is 0 Å². The zero-order chi connectivity index (χ0) is 13.8. The van der Waals surface area contributed by atoms with E-state index in [1.807, 2.05) is 11.8 Å². The van der Waals surface area contributed by atoms with Crippen LogP contribution in [0.4, 0.5) is 0 Å². The Labute approximate surface area is 123 Å². The summed E-state index contributed by atoms with van der Waals surface area (Å²) in [6, 6.07) is 10.7. The average Bonchev–Trinajstić information content (AvgIpc) is 2.47. The summed E-state index contributed by atoms with van der Waals surface area (Å²) in [6.07, 6.45) is 9.52. The Hall–Kier alpha value is -0.470. The molecule has 0 fully saturated rings. The first kappa shape index (κ1) is 16.6. The smallest absolute Gasteiger partial charge is 0.0187 e. The molecule has 0 aliphatic heterocycles. The second-order valence-electron chi connectivity index (χ2n) is 5.21. The summed E-state index contributed by atoms with van der Waals surface area (Å²) in [4.78, 5) is 0. The number of thioether (sulfide) groups is 1. The second kappa shape index (κ2) is 11.4. The third kappa shape index (κ3) is 8.33. The van der Waals surface area contributed by atoms with Crippen LogP contribution >= 0.6 is 11.8 Å². The van der Waals surface area contributed by atoms with E-state index in [0.717, 1.165) is 12.3 Å². The lowest BCUT2D eigenvalue weighted by atomic mass is 10.1. The molecule has 0 saturated carbocycles. The summed E-state index contributed by atoms with van der Waals surface area (Å²) in [5.41, 5.74) is 7.29. The van der Waals surface area contributed by atoms with Crippen LogP contribution in [0.5, 0.6) is 0 Å². The van der Waals surface area contributed by atoms with E-state index in [1.54, 1.807) is 0 Å². The Morgan fingerprint density at radius 3 is 2.37 bits per heavy atom. The highest BCUT2D eigenvalue weighted by molar-refractivity contribution is 7.99. The number of benzene rings is 1. The number of nitrogens with two attached hydrogens (primary N) is 1. The zero-order valence-corrected chi connectivity index (χ0v) is 13.1. The molecule has 0 radical (unpaired) electrons. The van der Waals surface area contributed by atoms with Gasteiger partial charge in [0.1, 0.15) is 0 Å². The second-order valence-corrected chi connectivity index (χ2v) is 6.50. The van der Waals surface area contributed by atoms with E-state index < -0.39 is 0 Å². The summed E-state index contributed by atoms with van der Waals surface area (Å²) < 4.78 is 0. The first-order valence-corrected chi connectivity index (χ1v) is 8.77. The molecule has 0 spiro atoms. The fourth-order valence-corrected chi connectivity index (χ4v) is 3.30. The molecule has 0 heterocycles. The quantitative estimate of drug-likeness (QED) is 0.577. The molecule has 1 aromatic carbocycles. The number of rotatable bonds is 11. The summed E-state index contributed by atoms with van der Waals surface area (Å²) in [6.45, 7) is 3.08. The third-order valence-electron chi connectivity index (χ3n) is 3.47. The largest absolute Gasteiger partial charge is 0.329 e. The lowest BCUT2D eigenvalue weighted by molar-refractivity contribution is 0.583. The normalized spacial score (nSPS) is 12.5. The maximum Gasteiger partial charge on any atom is 0.0187 e. The molecule has 0 aliphatic carbocycles. The number of unbranched alkanes of at least 4 members (excludes halogenated alkanes) is 5. The van der Waals surface area contributed by atoms with Crippen molar-refractivity contribution in [3.05, 3.63) is 35.9 Å². The maximum atomic E-state index is 5.88. The summed E-state index contributed by atoms with van der Waals surface area (Å²) in [5, 5.41) is 0.631. The minimum Gasteiger partial charge on any atom is -0.329 e. The van der Waals surface area contributed by atoms with Gasteiger partial charge in [-0.05, 0) is 12.0 Å². The van der Waals surface area contributed by atoms with Gasteiger partial charge in [-0.25, -0.2) is 0 Å². The van der Waals surface area contributed by atoms with E-state index in [2.05, 4.69) is 37.3 Å². The molecule has 2 heteroatoms. The monoisotopic (exact) mass is 279 g/mol. The Morgan fingerprint density at radius 2 is 1.68 bits per heavy atom. The van der Waals surface area contributed by atoms with Crippen molar-refractivity contribution in [2.45, 2.75) is 62.9 Å². The van der Waals surface area contributed by atoms with Crippen LogP contribution in [0.2, 0.25) is 0 Å². The van der Waals surface area contributed by atoms with Crippen molar-refractivity contribution >= 4 is 11.8 Å². The summed E-state index contributed by atoms with van der Waals surface area (Å²) in [7, 11) is 0. The Kier molecular flexibility index (Phi) is 9.92. The van der Waals surface area contributed by atoms with Crippen molar-refractivity contribution in [3.8, 4) is 0 Å². The van der Waals surface area contributed by atoms with Crippen LogP contribution in [0.25, 0.3) is 0 Å². The molecular formula is C17H29NS. The van der Waals surface area contributed by atoms with Crippen LogP contribution in [0.3, 0.4) is 0 Å². The van der Waals surface area contributed by atoms with E-state index in [1.165, 1.54) is 50.5 Å². The molecule has 108 valence electrons. The lowest BCUT2D eigenvalue weighted by Crippen LogP contribution is -2.16. The Bertz CT molecular complexity index is 299. The van der Waals surface area contributed by atoms with E-state index in [-0.39, 0.29) is 0 Å². The predicted octanol–water partition coefficient (Wildman–Crippen LogP) is 5.00. The molecule has 1 unspecified atom stereocenters. The van der Waals surface area contributed by atoms with Crippen LogP contribution in [-0.2, 0) is 5.75 Å². The van der Waals surface area contributed by atoms with Gasteiger partial charge in [-0.15, -0.1) is 0 Å². The first-order valence-electron chi connectivity index (χ1n) is 7.72. The van der Waals surface area contributed by atoms with Crippen molar-refractivity contribution in [2.24, 2.45) is 5.73 Å². The van der Waals surface area contributed by atoms with Gasteiger partial charge in [-0.2, -0.15) is 11.8 Å². The molecule has 0 bridgehead atoms. The van der Waals surface area contributed by atoms with Crippen LogP contribution in [0.1, 0.15) is 57.4 Å². The Balaban J connectivity index is 2.09. The van der Waals surface area contributed by atoms with Gasteiger partial charge in [0.25, 0.3) is 0 Å². The van der Waals surface area contributed by atoms with Crippen LogP contribution in [0.15, 0.2) is 30.3 Å². The Morgan fingerprint density at radius 1 is 1.00 bits per heavy atom. The SMILES string of the molecule is CCCCCCCCC(CN)SCc1ccccc1. The number of hydrogen-bond acceptors (Lipinski definition) is 2. The average molecular weight is 279 g/mol. The lowest BCUT2D eigenvalue weighted by Gasteiger charge is -2.14. The highest BCUT2D eigenvalue weighted by Crippen LogP contribution is 2.22. The molecule has 2 N–H and O–H groups in total. The van der Waals surface area contributed by atoms with Gasteiger partial charge in [0, 0.05) is 17.5 Å². The molecule has 0 aromatic heterocycles. The van der Waals surface area contributed by atoms with Gasteiger partial charge < -0.3 is 5.73 Å². The fourth-order valence-electron chi connectivity index (χ4n) is 2.21. The van der Waals surface area contributed by atoms with Crippen LogP contribution in [-0.4, -0.2) is 11.8 Å². The van der Waals surface area contributed by atoms with Crippen molar-refractivity contribution in [3.63, 3.8) is 0 Å². The third-order valence-corrected chi connectivity index (χ3v) is 4.87. The highest BCUT2D eigenvalue weighted by atomic mass is 32.2. The van der Waals surface area contributed by atoms with E-state index >= 15 is 0 Å². The first-order chi connectivity index (χ1) is 9.36. The van der Waals surface area contributed by atoms with Crippen molar-refractivity contribution in [1.29, 1.82) is 0 Å². The molecule has 1 atom stereocenters. The van der Waals surface area contributed by atoms with Crippen molar-refractivity contribution < 1.29 is 0 Å². The van der Waals surface area contributed by atoms with E-state index in [0.29, 0.717) is 5.25 Å². The molecule has 1 aromatic rings. The summed E-state index contributed by atoms with van der Waals surface area (Å²) in [5.74, 6) is 1.10. The molecule has 1 rings (SSSR count). The van der Waals surface area contributed by atoms with Crippen LogP contribution in [0, 0.1) is 0 Å². The fraction of sp³-hybridized carbons (Fsp3) is 0.647. The molecule has 0 amide bonds. The van der Waals surface area contributed by atoms with Gasteiger partial charge in [-0.1, -0.05) is 75.8 Å². The maximum absolute atomic E-state index is 5.88. The van der Waals surface area contributed by atoms with Gasteiger partial charge in [0.05, 0.1) is 0 Å². The van der Waals surface area contributed by atoms with Gasteiger partial charge >= 0.3 is 0 Å². The molecule has 19 heavy (non-hydrogen) atoms. The van der Waals surface area contributed by atoms with E-state index in [9.17, 15) is 0 Å². The van der Waals surface area contributed by atoms with E-state index in [4.69, 9.17) is 5.73 Å². The molecule has 0 saturated heterocycles. The van der Waals surface area contributed by atoms with Crippen molar-refractivity contribution in [2.75, 3.05) is 6.54 Å². The van der Waals surface area contributed by atoms with Gasteiger partial charge in [-0.3, -0.25) is 0 Å². The zero-order valence-electron chi connectivity index (χ0n) is 12.3. The predicted molar refractivity (Wildman–Crippen MR) is 88.6 cm³/mol. The minimum absolute atomic E-state index is 0.631.